The summed E-state index contributed by atoms with van der Waals surface area (Å²) in [5.41, 5.74) is 6.36. The summed E-state index contributed by atoms with van der Waals surface area (Å²) in [6.07, 6.45) is 0. The Morgan fingerprint density at radius 1 is 1.77 bits per heavy atom. The number of hydrogen-bond donors (Lipinski definition) is 2. The van der Waals surface area contributed by atoms with Crippen molar-refractivity contribution in [3.8, 4) is 5.88 Å². The molecule has 0 saturated heterocycles. The minimum atomic E-state index is -0.474. The van der Waals surface area contributed by atoms with Gasteiger partial charge in [-0.15, -0.1) is 5.10 Å². The molecule has 1 unspecified atom stereocenters. The van der Waals surface area contributed by atoms with Gasteiger partial charge in [0.05, 0.1) is 25.3 Å². The summed E-state index contributed by atoms with van der Waals surface area (Å²) in [5, 5.41) is 13.0. The van der Waals surface area contributed by atoms with Crippen LogP contribution in [-0.2, 0) is 7.05 Å². The third kappa shape index (κ3) is 1.84. The Balaban J connectivity index is 3.15. The third-order valence-electron chi connectivity index (χ3n) is 1.74. The van der Waals surface area contributed by atoms with Gasteiger partial charge in [-0.05, 0) is 15.9 Å². The Morgan fingerprint density at radius 3 is 2.85 bits per heavy atom. The second-order valence-corrected chi connectivity index (χ2v) is 3.38. The van der Waals surface area contributed by atoms with E-state index in [0.29, 0.717) is 11.4 Å². The maximum Gasteiger partial charge on any atom is 0.238 e. The van der Waals surface area contributed by atoms with Gasteiger partial charge in [-0.25, -0.2) is 0 Å². The Labute approximate surface area is 84.6 Å². The van der Waals surface area contributed by atoms with E-state index in [-0.39, 0.29) is 6.61 Å². The Morgan fingerprint density at radius 2 is 2.38 bits per heavy atom. The first kappa shape index (κ1) is 10.5. The fraction of sp³-hybridized carbons (Fsp3) is 0.571. The Hall–Kier alpha value is -0.590. The minimum Gasteiger partial charge on any atom is -0.480 e. The average molecular weight is 250 g/mol. The molecule has 0 aliphatic heterocycles. The van der Waals surface area contributed by atoms with Crippen molar-refractivity contribution >= 4 is 15.9 Å². The monoisotopic (exact) mass is 249 g/mol. The van der Waals surface area contributed by atoms with Crippen LogP contribution in [0.2, 0.25) is 0 Å². The van der Waals surface area contributed by atoms with Gasteiger partial charge >= 0.3 is 0 Å². The van der Waals surface area contributed by atoms with Crippen LogP contribution in [0.5, 0.6) is 5.88 Å². The number of ether oxygens (including phenoxy) is 1. The molecule has 0 bridgehead atoms. The Kier molecular flexibility index (Phi) is 3.29. The van der Waals surface area contributed by atoms with Crippen molar-refractivity contribution in [2.75, 3.05) is 13.7 Å². The summed E-state index contributed by atoms with van der Waals surface area (Å²) in [4.78, 5) is 0. The lowest BCUT2D eigenvalue weighted by atomic mass is 10.2. The molecule has 0 aromatic carbocycles. The highest BCUT2D eigenvalue weighted by Gasteiger charge is 2.20. The number of aliphatic hydroxyl groups excluding tert-OH is 1. The molecule has 74 valence electrons. The van der Waals surface area contributed by atoms with Crippen molar-refractivity contribution in [1.82, 2.24) is 9.78 Å². The van der Waals surface area contributed by atoms with Gasteiger partial charge < -0.3 is 15.6 Å². The molecule has 6 heteroatoms. The normalized spacial score (nSPS) is 13.0. The summed E-state index contributed by atoms with van der Waals surface area (Å²) >= 11 is 3.31. The lowest BCUT2D eigenvalue weighted by molar-refractivity contribution is 0.264. The number of nitrogens with two attached hydrogens (primary N) is 1. The summed E-state index contributed by atoms with van der Waals surface area (Å²) in [6, 6.07) is -0.474. The lowest BCUT2D eigenvalue weighted by Crippen LogP contribution is -2.15. The van der Waals surface area contributed by atoms with Gasteiger partial charge in [0.25, 0.3) is 0 Å². The van der Waals surface area contributed by atoms with E-state index in [0.717, 1.165) is 4.60 Å². The zero-order valence-electron chi connectivity index (χ0n) is 7.49. The molecular formula is C7H12BrN3O2. The molecule has 0 amide bonds. The number of aliphatic hydroxyl groups is 1. The van der Waals surface area contributed by atoms with E-state index >= 15 is 0 Å². The molecule has 0 saturated carbocycles. The van der Waals surface area contributed by atoms with Gasteiger partial charge in [0, 0.05) is 7.05 Å². The largest absolute Gasteiger partial charge is 0.480 e. The number of hydrogen-bond acceptors (Lipinski definition) is 4. The SMILES string of the molecule is COc1nn(C)c(Br)c1C(N)CO. The fourth-order valence-electron chi connectivity index (χ4n) is 1.05. The number of halogens is 1. The fourth-order valence-corrected chi connectivity index (χ4v) is 1.59. The van der Waals surface area contributed by atoms with E-state index in [2.05, 4.69) is 21.0 Å². The van der Waals surface area contributed by atoms with Crippen LogP contribution in [0, 0.1) is 0 Å². The second-order valence-electron chi connectivity index (χ2n) is 2.63. The lowest BCUT2D eigenvalue weighted by Gasteiger charge is -2.07. The first-order chi connectivity index (χ1) is 6.11. The van der Waals surface area contributed by atoms with Crippen LogP contribution in [0.25, 0.3) is 0 Å². The van der Waals surface area contributed by atoms with Crippen molar-refractivity contribution in [2.24, 2.45) is 12.8 Å². The van der Waals surface area contributed by atoms with E-state index in [4.69, 9.17) is 15.6 Å². The molecule has 1 heterocycles. The quantitative estimate of drug-likeness (QED) is 0.802. The first-order valence-corrected chi connectivity index (χ1v) is 4.54. The third-order valence-corrected chi connectivity index (χ3v) is 2.68. The molecule has 0 radical (unpaired) electrons. The van der Waals surface area contributed by atoms with Crippen molar-refractivity contribution in [1.29, 1.82) is 0 Å². The highest BCUT2D eigenvalue weighted by Crippen LogP contribution is 2.29. The standard InChI is InChI=1S/C7H12BrN3O2/c1-11-6(8)5(4(9)3-12)7(10-11)13-2/h4,12H,3,9H2,1-2H3. The smallest absolute Gasteiger partial charge is 0.238 e. The van der Waals surface area contributed by atoms with Crippen LogP contribution >= 0.6 is 15.9 Å². The molecule has 0 spiro atoms. The van der Waals surface area contributed by atoms with Crippen LogP contribution in [0.4, 0.5) is 0 Å². The van der Waals surface area contributed by atoms with E-state index in [9.17, 15) is 0 Å². The van der Waals surface area contributed by atoms with Gasteiger partial charge in [0.2, 0.25) is 5.88 Å². The minimum absolute atomic E-state index is 0.138. The maximum atomic E-state index is 8.90. The van der Waals surface area contributed by atoms with Gasteiger partial charge in [0.15, 0.2) is 0 Å². The number of aromatic nitrogens is 2. The summed E-state index contributed by atoms with van der Waals surface area (Å²) in [7, 11) is 3.28. The highest BCUT2D eigenvalue weighted by molar-refractivity contribution is 9.10. The van der Waals surface area contributed by atoms with Crippen LogP contribution in [0.1, 0.15) is 11.6 Å². The molecule has 3 N–H and O–H groups in total. The van der Waals surface area contributed by atoms with Crippen LogP contribution < -0.4 is 10.5 Å². The van der Waals surface area contributed by atoms with Gasteiger partial charge in [-0.1, -0.05) is 0 Å². The number of rotatable bonds is 3. The molecular weight excluding hydrogens is 238 g/mol. The molecule has 1 atom stereocenters. The number of methoxy groups -OCH3 is 1. The van der Waals surface area contributed by atoms with Gasteiger partial charge in [-0.2, -0.15) is 0 Å². The van der Waals surface area contributed by atoms with Gasteiger partial charge in [0.1, 0.15) is 4.60 Å². The molecule has 1 aromatic rings. The summed E-state index contributed by atoms with van der Waals surface area (Å²) in [6.45, 7) is -0.138. The number of aryl methyl sites for hydroxylation is 1. The molecule has 0 fully saturated rings. The first-order valence-electron chi connectivity index (χ1n) is 3.74. The zero-order valence-corrected chi connectivity index (χ0v) is 9.08. The topological polar surface area (TPSA) is 73.3 Å². The summed E-state index contributed by atoms with van der Waals surface area (Å²) < 4.78 is 7.35. The number of nitrogens with zero attached hydrogens (tertiary/aromatic N) is 2. The van der Waals surface area contributed by atoms with E-state index in [1.54, 1.807) is 11.7 Å². The highest BCUT2D eigenvalue weighted by atomic mass is 79.9. The Bertz CT molecular complexity index is 300. The van der Waals surface area contributed by atoms with Crippen molar-refractivity contribution in [3.63, 3.8) is 0 Å². The maximum absolute atomic E-state index is 8.90. The van der Waals surface area contributed by atoms with Crippen LogP contribution in [0.3, 0.4) is 0 Å². The molecule has 5 nitrogen and oxygen atoms in total. The second kappa shape index (κ2) is 4.08. The van der Waals surface area contributed by atoms with Crippen molar-refractivity contribution in [2.45, 2.75) is 6.04 Å². The molecule has 0 aliphatic rings. The van der Waals surface area contributed by atoms with Crippen LogP contribution in [-0.4, -0.2) is 28.6 Å². The van der Waals surface area contributed by atoms with Crippen molar-refractivity contribution in [3.05, 3.63) is 10.2 Å². The average Bonchev–Trinajstić information content (AvgIpc) is 2.42. The van der Waals surface area contributed by atoms with E-state index in [1.165, 1.54) is 7.11 Å². The van der Waals surface area contributed by atoms with E-state index in [1.807, 2.05) is 0 Å². The molecule has 0 aliphatic carbocycles. The summed E-state index contributed by atoms with van der Waals surface area (Å²) in [5.74, 6) is 0.441. The van der Waals surface area contributed by atoms with Gasteiger partial charge in [-0.3, -0.25) is 4.68 Å². The zero-order chi connectivity index (χ0) is 10.0. The molecule has 1 aromatic heterocycles. The predicted octanol–water partition coefficient (Wildman–Crippen LogP) is 0.183. The van der Waals surface area contributed by atoms with Crippen molar-refractivity contribution < 1.29 is 9.84 Å². The van der Waals surface area contributed by atoms with E-state index < -0.39 is 6.04 Å². The van der Waals surface area contributed by atoms with Crippen LogP contribution in [0.15, 0.2) is 4.60 Å². The molecule has 13 heavy (non-hydrogen) atoms. The molecule has 1 rings (SSSR count). The predicted molar refractivity (Wildman–Crippen MR) is 51.5 cm³/mol.